The first kappa shape index (κ1) is 15.9. The van der Waals surface area contributed by atoms with Crippen LogP contribution in [0.1, 0.15) is 38.2 Å². The van der Waals surface area contributed by atoms with Crippen molar-refractivity contribution in [1.82, 2.24) is 0 Å². The summed E-state index contributed by atoms with van der Waals surface area (Å²) in [5.74, 6) is 2.63. The Morgan fingerprint density at radius 1 is 1.33 bits per heavy atom. The van der Waals surface area contributed by atoms with E-state index < -0.39 is 5.60 Å². The molecule has 2 atom stereocenters. The summed E-state index contributed by atoms with van der Waals surface area (Å²) in [6.07, 6.45) is 4.16. The lowest BCUT2D eigenvalue weighted by Gasteiger charge is -2.47. The summed E-state index contributed by atoms with van der Waals surface area (Å²) in [6.45, 7) is 2.74. The molecule has 2 aliphatic rings. The minimum atomic E-state index is -0.804. The third-order valence-electron chi connectivity index (χ3n) is 5.11. The molecule has 0 aliphatic carbocycles. The standard InChI is InChI=1S/C17H23BrO2S/c1-16(19,14-4-2-3-5-15(14)18)13-6-9-20-17(12-13)7-10-21-11-8-17/h2-5,13,19H,6-12H2,1H3. The average Bonchev–Trinajstić information content (AvgIpc) is 2.48. The summed E-state index contributed by atoms with van der Waals surface area (Å²) >= 11 is 5.61. The Bertz CT molecular complexity index is 492. The van der Waals surface area contributed by atoms with Crippen LogP contribution in [-0.4, -0.2) is 28.8 Å². The van der Waals surface area contributed by atoms with E-state index in [2.05, 4.69) is 15.9 Å². The van der Waals surface area contributed by atoms with Crippen molar-refractivity contribution in [3.63, 3.8) is 0 Å². The second-order valence-corrected chi connectivity index (χ2v) is 8.54. The molecule has 0 saturated carbocycles. The molecule has 0 bridgehead atoms. The van der Waals surface area contributed by atoms with Crippen LogP contribution < -0.4 is 0 Å². The predicted molar refractivity (Wildman–Crippen MR) is 91.7 cm³/mol. The van der Waals surface area contributed by atoms with E-state index in [1.807, 2.05) is 43.0 Å². The first-order valence-corrected chi connectivity index (χ1v) is 9.67. The molecule has 1 N–H and O–H groups in total. The maximum absolute atomic E-state index is 11.2. The van der Waals surface area contributed by atoms with E-state index in [9.17, 15) is 5.11 Å². The summed E-state index contributed by atoms with van der Waals surface area (Å²) in [7, 11) is 0. The molecule has 1 spiro atoms. The van der Waals surface area contributed by atoms with Crippen molar-refractivity contribution in [1.29, 1.82) is 0 Å². The highest BCUT2D eigenvalue weighted by molar-refractivity contribution is 9.10. The summed E-state index contributed by atoms with van der Waals surface area (Å²) in [4.78, 5) is 0. The fourth-order valence-electron chi connectivity index (χ4n) is 3.69. The van der Waals surface area contributed by atoms with Gasteiger partial charge in [-0.15, -0.1) is 0 Å². The second-order valence-electron chi connectivity index (χ2n) is 6.46. The van der Waals surface area contributed by atoms with Crippen molar-refractivity contribution in [3.8, 4) is 0 Å². The first-order valence-electron chi connectivity index (χ1n) is 7.73. The number of benzene rings is 1. The number of halogens is 1. The Hall–Kier alpha value is -0.0300. The Morgan fingerprint density at radius 3 is 2.76 bits per heavy atom. The highest BCUT2D eigenvalue weighted by Crippen LogP contribution is 2.46. The van der Waals surface area contributed by atoms with Crippen LogP contribution >= 0.6 is 27.7 Å². The van der Waals surface area contributed by atoms with E-state index in [1.165, 1.54) is 11.5 Å². The lowest BCUT2D eigenvalue weighted by Crippen LogP contribution is -2.48. The third kappa shape index (κ3) is 3.19. The van der Waals surface area contributed by atoms with Crippen LogP contribution in [0.25, 0.3) is 0 Å². The number of rotatable bonds is 2. The normalized spacial score (nSPS) is 28.2. The predicted octanol–water partition coefficient (Wildman–Crippen LogP) is 4.35. The molecule has 2 unspecified atom stereocenters. The van der Waals surface area contributed by atoms with Crippen LogP contribution in [0.3, 0.4) is 0 Å². The van der Waals surface area contributed by atoms with Gasteiger partial charge in [0.1, 0.15) is 0 Å². The van der Waals surface area contributed by atoms with Crippen molar-refractivity contribution in [2.45, 2.75) is 43.8 Å². The molecular formula is C17H23BrO2S. The number of ether oxygens (including phenoxy) is 1. The van der Waals surface area contributed by atoms with Gasteiger partial charge >= 0.3 is 0 Å². The van der Waals surface area contributed by atoms with Crippen LogP contribution in [0.2, 0.25) is 0 Å². The number of hydrogen-bond acceptors (Lipinski definition) is 3. The molecule has 1 aromatic carbocycles. The van der Waals surface area contributed by atoms with Crippen molar-refractivity contribution >= 4 is 27.7 Å². The Morgan fingerprint density at radius 2 is 2.05 bits per heavy atom. The van der Waals surface area contributed by atoms with Gasteiger partial charge in [0, 0.05) is 11.1 Å². The van der Waals surface area contributed by atoms with E-state index in [4.69, 9.17) is 4.74 Å². The quantitative estimate of drug-likeness (QED) is 0.838. The molecule has 0 amide bonds. The van der Waals surface area contributed by atoms with Crippen LogP contribution in [-0.2, 0) is 10.3 Å². The van der Waals surface area contributed by atoms with Crippen molar-refractivity contribution < 1.29 is 9.84 Å². The fraction of sp³-hybridized carbons (Fsp3) is 0.647. The van der Waals surface area contributed by atoms with E-state index in [0.717, 1.165) is 42.3 Å². The van der Waals surface area contributed by atoms with Crippen molar-refractivity contribution in [3.05, 3.63) is 34.3 Å². The second kappa shape index (κ2) is 6.23. The molecule has 2 fully saturated rings. The molecule has 3 rings (SSSR count). The maximum Gasteiger partial charge on any atom is 0.0909 e. The molecule has 2 heterocycles. The Labute approximate surface area is 139 Å². The zero-order chi connectivity index (χ0) is 14.9. The SMILES string of the molecule is CC(O)(c1ccccc1Br)C1CCOC2(CCSCC2)C1. The molecule has 2 saturated heterocycles. The van der Waals surface area contributed by atoms with E-state index in [1.54, 1.807) is 0 Å². The molecule has 0 aromatic heterocycles. The topological polar surface area (TPSA) is 29.5 Å². The molecule has 4 heteroatoms. The van der Waals surface area contributed by atoms with Crippen LogP contribution in [0, 0.1) is 5.92 Å². The third-order valence-corrected chi connectivity index (χ3v) is 6.79. The summed E-state index contributed by atoms with van der Waals surface area (Å²) in [6, 6.07) is 8.04. The van der Waals surface area contributed by atoms with Crippen LogP contribution in [0.4, 0.5) is 0 Å². The lowest BCUT2D eigenvalue weighted by molar-refractivity contribution is -0.144. The molecule has 116 valence electrons. The van der Waals surface area contributed by atoms with Gasteiger partial charge in [-0.2, -0.15) is 11.8 Å². The minimum Gasteiger partial charge on any atom is -0.385 e. The lowest BCUT2D eigenvalue weighted by atomic mass is 9.72. The van der Waals surface area contributed by atoms with E-state index >= 15 is 0 Å². The summed E-state index contributed by atoms with van der Waals surface area (Å²) in [5.41, 5.74) is 0.207. The number of hydrogen-bond donors (Lipinski definition) is 1. The largest absolute Gasteiger partial charge is 0.385 e. The first-order chi connectivity index (χ1) is 10.0. The molecule has 2 aliphatic heterocycles. The fourth-order valence-corrected chi connectivity index (χ4v) is 5.61. The van der Waals surface area contributed by atoms with Crippen LogP contribution in [0.5, 0.6) is 0 Å². The van der Waals surface area contributed by atoms with Gasteiger partial charge in [-0.1, -0.05) is 34.1 Å². The average molecular weight is 371 g/mol. The molecular weight excluding hydrogens is 348 g/mol. The zero-order valence-corrected chi connectivity index (χ0v) is 14.9. The summed E-state index contributed by atoms with van der Waals surface area (Å²) in [5, 5.41) is 11.2. The van der Waals surface area contributed by atoms with Crippen molar-refractivity contribution in [2.24, 2.45) is 5.92 Å². The zero-order valence-electron chi connectivity index (χ0n) is 12.5. The van der Waals surface area contributed by atoms with Gasteiger partial charge in [-0.25, -0.2) is 0 Å². The van der Waals surface area contributed by atoms with Gasteiger partial charge in [-0.3, -0.25) is 0 Å². The molecule has 0 radical (unpaired) electrons. The smallest absolute Gasteiger partial charge is 0.0909 e. The Balaban J connectivity index is 1.83. The summed E-state index contributed by atoms with van der Waals surface area (Å²) < 4.78 is 7.16. The van der Waals surface area contributed by atoms with Gasteiger partial charge in [-0.05, 0) is 61.7 Å². The number of thioether (sulfide) groups is 1. The van der Waals surface area contributed by atoms with Gasteiger partial charge in [0.2, 0.25) is 0 Å². The number of aliphatic hydroxyl groups is 1. The molecule has 2 nitrogen and oxygen atoms in total. The highest BCUT2D eigenvalue weighted by atomic mass is 79.9. The monoisotopic (exact) mass is 370 g/mol. The van der Waals surface area contributed by atoms with E-state index in [-0.39, 0.29) is 11.5 Å². The minimum absolute atomic E-state index is 0.0133. The Kier molecular flexibility index (Phi) is 4.70. The van der Waals surface area contributed by atoms with Gasteiger partial charge in [0.15, 0.2) is 0 Å². The van der Waals surface area contributed by atoms with Crippen molar-refractivity contribution in [2.75, 3.05) is 18.1 Å². The molecule has 21 heavy (non-hydrogen) atoms. The van der Waals surface area contributed by atoms with Gasteiger partial charge in [0.05, 0.1) is 11.2 Å². The van der Waals surface area contributed by atoms with Crippen LogP contribution in [0.15, 0.2) is 28.7 Å². The van der Waals surface area contributed by atoms with E-state index in [0.29, 0.717) is 0 Å². The molecule has 1 aromatic rings. The van der Waals surface area contributed by atoms with Gasteiger partial charge < -0.3 is 9.84 Å². The highest BCUT2D eigenvalue weighted by Gasteiger charge is 2.45. The van der Waals surface area contributed by atoms with Gasteiger partial charge in [0.25, 0.3) is 0 Å². The maximum atomic E-state index is 11.2.